The lowest BCUT2D eigenvalue weighted by Crippen LogP contribution is -2.12. The smallest absolute Gasteiger partial charge is 0.164 e. The van der Waals surface area contributed by atoms with Gasteiger partial charge in [-0.05, 0) is 59.0 Å². The average Bonchev–Trinajstić information content (AvgIpc) is 3.73. The van der Waals surface area contributed by atoms with Crippen LogP contribution in [0.3, 0.4) is 0 Å². The first-order valence-corrected chi connectivity index (χ1v) is 16.2. The minimum absolute atomic E-state index is 0.00113. The predicted octanol–water partition coefficient (Wildman–Crippen LogP) is 11.2. The SMILES string of the molecule is C1=Cc2ccccc2C(c2nc(-c3cccc(-c4cccc5oc6ccccc6c45)c3)nc(-c3cccc4oc5ccccc5c34)n2)C1. The van der Waals surface area contributed by atoms with E-state index in [9.17, 15) is 0 Å². The Morgan fingerprint density at radius 3 is 1.90 bits per heavy atom. The van der Waals surface area contributed by atoms with Gasteiger partial charge < -0.3 is 8.83 Å². The van der Waals surface area contributed by atoms with E-state index in [4.69, 9.17) is 23.8 Å². The van der Waals surface area contributed by atoms with Crippen LogP contribution in [-0.2, 0) is 0 Å². The Hall–Kier alpha value is -6.33. The van der Waals surface area contributed by atoms with Gasteiger partial charge in [-0.15, -0.1) is 0 Å². The molecule has 10 rings (SSSR count). The number of rotatable bonds is 4. The van der Waals surface area contributed by atoms with Crippen LogP contribution in [0.15, 0.2) is 148 Å². The molecule has 5 nitrogen and oxygen atoms in total. The van der Waals surface area contributed by atoms with Crippen molar-refractivity contribution in [1.82, 2.24) is 15.0 Å². The quantitative estimate of drug-likeness (QED) is 0.197. The van der Waals surface area contributed by atoms with E-state index >= 15 is 0 Å². The standard InChI is InChI=1S/C43H27N3O2/c1-2-15-29-26(11-1)12-8-19-31(29)42-44-41(45-43(46-42)34-20-10-24-38-40(34)33-17-4-6-22-36(33)48-38)28-14-7-13-27(25-28)30-18-9-23-37-39(30)32-16-3-5-21-35(32)47-37/h1-18,20-25,31H,19H2. The second kappa shape index (κ2) is 10.6. The van der Waals surface area contributed by atoms with Crippen molar-refractivity contribution < 1.29 is 8.83 Å². The second-order valence-corrected chi connectivity index (χ2v) is 12.3. The lowest BCUT2D eigenvalue weighted by atomic mass is 9.86. The van der Waals surface area contributed by atoms with E-state index in [0.717, 1.165) is 78.4 Å². The molecule has 1 atom stereocenters. The van der Waals surface area contributed by atoms with Crippen LogP contribution in [0.4, 0.5) is 0 Å². The van der Waals surface area contributed by atoms with Gasteiger partial charge >= 0.3 is 0 Å². The van der Waals surface area contributed by atoms with Crippen LogP contribution < -0.4 is 0 Å². The highest BCUT2D eigenvalue weighted by Gasteiger charge is 2.25. The van der Waals surface area contributed by atoms with E-state index in [2.05, 4.69) is 97.1 Å². The molecule has 0 radical (unpaired) electrons. The Morgan fingerprint density at radius 2 is 1.10 bits per heavy atom. The number of nitrogens with zero attached hydrogens (tertiary/aromatic N) is 3. The van der Waals surface area contributed by atoms with Gasteiger partial charge in [0.1, 0.15) is 28.2 Å². The van der Waals surface area contributed by atoms with Gasteiger partial charge in [-0.1, -0.05) is 115 Å². The Morgan fingerprint density at radius 1 is 0.500 bits per heavy atom. The summed E-state index contributed by atoms with van der Waals surface area (Å²) in [6.45, 7) is 0. The third kappa shape index (κ3) is 4.21. The first-order valence-electron chi connectivity index (χ1n) is 16.2. The van der Waals surface area contributed by atoms with Crippen LogP contribution >= 0.6 is 0 Å². The molecule has 3 aromatic heterocycles. The van der Waals surface area contributed by atoms with Gasteiger partial charge in [0.05, 0.1) is 0 Å². The molecule has 9 aromatic rings. The zero-order valence-corrected chi connectivity index (χ0v) is 25.8. The summed E-state index contributed by atoms with van der Waals surface area (Å²) in [7, 11) is 0. The fourth-order valence-corrected chi connectivity index (χ4v) is 7.28. The normalized spacial score (nSPS) is 14.3. The van der Waals surface area contributed by atoms with Gasteiger partial charge in [0.25, 0.3) is 0 Å². The van der Waals surface area contributed by atoms with Gasteiger partial charge in [-0.25, -0.2) is 15.0 Å². The number of para-hydroxylation sites is 2. The number of hydrogen-bond acceptors (Lipinski definition) is 5. The molecule has 48 heavy (non-hydrogen) atoms. The molecule has 0 N–H and O–H groups in total. The van der Waals surface area contributed by atoms with Crippen LogP contribution in [0, 0.1) is 0 Å². The molecule has 0 fully saturated rings. The highest BCUT2D eigenvalue weighted by atomic mass is 16.3. The summed E-state index contributed by atoms with van der Waals surface area (Å²) in [4.78, 5) is 15.6. The summed E-state index contributed by atoms with van der Waals surface area (Å²) in [5.41, 5.74) is 9.85. The van der Waals surface area contributed by atoms with E-state index in [1.807, 2.05) is 48.5 Å². The molecule has 1 aliphatic rings. The first-order chi connectivity index (χ1) is 23.8. The molecule has 1 aliphatic carbocycles. The second-order valence-electron chi connectivity index (χ2n) is 12.3. The molecule has 0 aliphatic heterocycles. The summed E-state index contributed by atoms with van der Waals surface area (Å²) in [6, 6.07) is 45.7. The molecule has 0 amide bonds. The number of furan rings is 2. The predicted molar refractivity (Wildman–Crippen MR) is 193 cm³/mol. The van der Waals surface area contributed by atoms with Crippen molar-refractivity contribution in [3.63, 3.8) is 0 Å². The number of aromatic nitrogens is 3. The third-order valence-electron chi connectivity index (χ3n) is 9.48. The monoisotopic (exact) mass is 617 g/mol. The maximum absolute atomic E-state index is 6.26. The van der Waals surface area contributed by atoms with Crippen molar-refractivity contribution in [2.24, 2.45) is 0 Å². The van der Waals surface area contributed by atoms with Crippen molar-refractivity contribution in [1.29, 1.82) is 0 Å². The minimum Gasteiger partial charge on any atom is -0.456 e. The van der Waals surface area contributed by atoms with Gasteiger partial charge in [0.2, 0.25) is 0 Å². The molecule has 0 spiro atoms. The number of benzene rings is 6. The van der Waals surface area contributed by atoms with Crippen LogP contribution in [-0.4, -0.2) is 15.0 Å². The molecule has 226 valence electrons. The van der Waals surface area contributed by atoms with E-state index in [1.54, 1.807) is 0 Å². The van der Waals surface area contributed by atoms with E-state index in [-0.39, 0.29) is 5.92 Å². The topological polar surface area (TPSA) is 65.0 Å². The van der Waals surface area contributed by atoms with Gasteiger partial charge in [0, 0.05) is 38.6 Å². The molecular formula is C43H27N3O2. The minimum atomic E-state index is 0.00113. The Labute approximate surface area is 275 Å². The number of hydrogen-bond donors (Lipinski definition) is 0. The maximum atomic E-state index is 6.26. The molecule has 0 bridgehead atoms. The lowest BCUT2D eigenvalue weighted by Gasteiger charge is -2.21. The summed E-state index contributed by atoms with van der Waals surface area (Å²) in [5.74, 6) is 2.02. The van der Waals surface area contributed by atoms with E-state index in [1.165, 1.54) is 11.1 Å². The van der Waals surface area contributed by atoms with Crippen LogP contribution in [0.2, 0.25) is 0 Å². The van der Waals surface area contributed by atoms with Gasteiger partial charge in [-0.2, -0.15) is 0 Å². The maximum Gasteiger partial charge on any atom is 0.164 e. The lowest BCUT2D eigenvalue weighted by molar-refractivity contribution is 0.668. The highest BCUT2D eigenvalue weighted by Crippen LogP contribution is 2.40. The zero-order valence-electron chi connectivity index (χ0n) is 25.8. The van der Waals surface area contributed by atoms with Crippen molar-refractivity contribution in [3.05, 3.63) is 156 Å². The van der Waals surface area contributed by atoms with Gasteiger partial charge in [-0.3, -0.25) is 0 Å². The van der Waals surface area contributed by atoms with E-state index < -0.39 is 0 Å². The van der Waals surface area contributed by atoms with Crippen molar-refractivity contribution in [2.45, 2.75) is 12.3 Å². The summed E-state index contributed by atoms with van der Waals surface area (Å²) < 4.78 is 12.5. The Kier molecular flexibility index (Phi) is 5.93. The zero-order chi connectivity index (χ0) is 31.6. The largest absolute Gasteiger partial charge is 0.456 e. The first kappa shape index (κ1) is 26.8. The molecule has 5 heteroatoms. The van der Waals surface area contributed by atoms with Crippen LogP contribution in [0.1, 0.15) is 29.3 Å². The Bertz CT molecular complexity index is 2730. The Balaban J connectivity index is 1.20. The third-order valence-corrected chi connectivity index (χ3v) is 9.48. The number of allylic oxidation sites excluding steroid dienone is 1. The molecule has 6 aromatic carbocycles. The van der Waals surface area contributed by atoms with Crippen molar-refractivity contribution in [2.75, 3.05) is 0 Å². The van der Waals surface area contributed by atoms with Crippen molar-refractivity contribution >= 4 is 50.0 Å². The fourth-order valence-electron chi connectivity index (χ4n) is 7.28. The fraction of sp³-hybridized carbons (Fsp3) is 0.0465. The highest BCUT2D eigenvalue weighted by molar-refractivity contribution is 6.13. The summed E-state index contributed by atoms with van der Waals surface area (Å²) in [6.07, 6.45) is 5.22. The molecule has 0 saturated carbocycles. The van der Waals surface area contributed by atoms with Crippen LogP contribution in [0.25, 0.3) is 83.9 Å². The molecular weight excluding hydrogens is 590 g/mol. The van der Waals surface area contributed by atoms with Crippen molar-refractivity contribution in [3.8, 4) is 33.9 Å². The summed E-state index contributed by atoms with van der Waals surface area (Å²) in [5, 5.41) is 4.25. The molecule has 1 unspecified atom stereocenters. The van der Waals surface area contributed by atoms with E-state index in [0.29, 0.717) is 11.6 Å². The van der Waals surface area contributed by atoms with Crippen LogP contribution in [0.5, 0.6) is 0 Å². The molecule has 3 heterocycles. The summed E-state index contributed by atoms with van der Waals surface area (Å²) >= 11 is 0. The average molecular weight is 618 g/mol. The number of fused-ring (bicyclic) bond motifs is 7. The van der Waals surface area contributed by atoms with Gasteiger partial charge in [0.15, 0.2) is 11.6 Å². The molecule has 0 saturated heterocycles.